The first-order chi connectivity index (χ1) is 8.54. The summed E-state index contributed by atoms with van der Waals surface area (Å²) < 4.78 is 5.26. The molecule has 0 spiro atoms. The van der Waals surface area contributed by atoms with Crippen molar-refractivity contribution in [2.75, 3.05) is 19.0 Å². The number of anilines is 1. The fraction of sp³-hybridized carbons (Fsp3) is 0.500. The van der Waals surface area contributed by atoms with E-state index in [1.165, 1.54) is 0 Å². The molecule has 0 amide bonds. The average molecular weight is 249 g/mol. The van der Waals surface area contributed by atoms with E-state index in [4.69, 9.17) is 9.84 Å². The van der Waals surface area contributed by atoms with Crippen LogP contribution >= 0.6 is 0 Å². The van der Waals surface area contributed by atoms with Gasteiger partial charge in [-0.25, -0.2) is 0 Å². The van der Waals surface area contributed by atoms with Gasteiger partial charge in [-0.2, -0.15) is 0 Å². The van der Waals surface area contributed by atoms with Gasteiger partial charge in [-0.15, -0.1) is 0 Å². The molecule has 0 bridgehead atoms. The largest absolute Gasteiger partial charge is 0.496 e. The lowest BCUT2D eigenvalue weighted by atomic mass is 10.1. The van der Waals surface area contributed by atoms with Crippen molar-refractivity contribution in [3.05, 3.63) is 23.3 Å². The Hall–Kier alpha value is -1.71. The third kappa shape index (κ3) is 2.42. The predicted octanol–water partition coefficient (Wildman–Crippen LogP) is 2.44. The van der Waals surface area contributed by atoms with Crippen molar-refractivity contribution < 1.29 is 14.6 Å². The molecule has 1 aliphatic carbocycles. The van der Waals surface area contributed by atoms with Crippen molar-refractivity contribution in [1.29, 1.82) is 0 Å². The van der Waals surface area contributed by atoms with E-state index >= 15 is 0 Å². The maximum absolute atomic E-state index is 10.7. The van der Waals surface area contributed by atoms with Crippen LogP contribution in [0.25, 0.3) is 0 Å². The zero-order chi connectivity index (χ0) is 13.3. The molecule has 4 nitrogen and oxygen atoms in total. The van der Waals surface area contributed by atoms with Crippen molar-refractivity contribution in [2.24, 2.45) is 11.8 Å². The van der Waals surface area contributed by atoms with E-state index in [1.807, 2.05) is 26.0 Å². The highest BCUT2D eigenvalue weighted by molar-refractivity contribution is 5.73. The van der Waals surface area contributed by atoms with Crippen LogP contribution < -0.4 is 10.1 Å². The molecule has 2 unspecified atom stereocenters. The summed E-state index contributed by atoms with van der Waals surface area (Å²) in [6, 6.07) is 3.92. The minimum Gasteiger partial charge on any atom is -0.496 e. The molecule has 2 atom stereocenters. The monoisotopic (exact) mass is 249 g/mol. The highest BCUT2D eigenvalue weighted by atomic mass is 16.5. The fourth-order valence-corrected chi connectivity index (χ4v) is 2.23. The van der Waals surface area contributed by atoms with Crippen LogP contribution in [-0.2, 0) is 4.79 Å². The molecule has 1 aromatic rings. The van der Waals surface area contributed by atoms with Gasteiger partial charge in [0.2, 0.25) is 0 Å². The molecular weight excluding hydrogens is 230 g/mol. The molecule has 4 heteroatoms. The molecule has 0 aliphatic heterocycles. The molecule has 2 N–H and O–H groups in total. The van der Waals surface area contributed by atoms with Gasteiger partial charge in [-0.3, -0.25) is 4.79 Å². The average Bonchev–Trinajstić information content (AvgIpc) is 3.11. The lowest BCUT2D eigenvalue weighted by Gasteiger charge is -2.14. The number of carbonyl (C=O) groups is 1. The Kier molecular flexibility index (Phi) is 3.45. The summed E-state index contributed by atoms with van der Waals surface area (Å²) in [5, 5.41) is 12.2. The number of carboxylic acid groups (broad SMARTS) is 1. The third-order valence-corrected chi connectivity index (χ3v) is 3.75. The number of ether oxygens (including phenoxy) is 1. The summed E-state index contributed by atoms with van der Waals surface area (Å²) in [6.07, 6.45) is 0.788. The van der Waals surface area contributed by atoms with E-state index in [0.717, 1.165) is 35.5 Å². The van der Waals surface area contributed by atoms with Crippen LogP contribution in [0, 0.1) is 25.7 Å². The number of hydrogen-bond acceptors (Lipinski definition) is 3. The quantitative estimate of drug-likeness (QED) is 0.841. The number of carboxylic acids is 1. The second kappa shape index (κ2) is 4.88. The number of aliphatic carboxylic acids is 1. The van der Waals surface area contributed by atoms with E-state index in [1.54, 1.807) is 7.11 Å². The number of rotatable bonds is 5. The molecule has 0 radical (unpaired) electrons. The molecular formula is C14H19NO3. The van der Waals surface area contributed by atoms with Crippen molar-refractivity contribution >= 4 is 11.7 Å². The number of nitrogens with one attached hydrogen (secondary N) is 1. The summed E-state index contributed by atoms with van der Waals surface area (Å²) in [5.41, 5.74) is 3.33. The van der Waals surface area contributed by atoms with Gasteiger partial charge < -0.3 is 15.2 Å². The Morgan fingerprint density at radius 3 is 2.72 bits per heavy atom. The smallest absolute Gasteiger partial charge is 0.306 e. The van der Waals surface area contributed by atoms with Crippen molar-refractivity contribution in [3.8, 4) is 5.75 Å². The number of hydrogen-bond donors (Lipinski definition) is 2. The molecule has 0 saturated heterocycles. The normalized spacial score (nSPS) is 21.5. The topological polar surface area (TPSA) is 58.6 Å². The molecule has 1 saturated carbocycles. The van der Waals surface area contributed by atoms with Gasteiger partial charge in [-0.1, -0.05) is 0 Å². The van der Waals surface area contributed by atoms with Crippen molar-refractivity contribution in [3.63, 3.8) is 0 Å². The van der Waals surface area contributed by atoms with Crippen LogP contribution in [0.5, 0.6) is 5.75 Å². The highest BCUT2D eigenvalue weighted by Crippen LogP contribution is 2.39. The first kappa shape index (κ1) is 12.7. The molecule has 0 heterocycles. The standard InChI is InChI=1S/C14H19NO3/c1-8-9(2)13(18-3)5-4-12(8)15-7-10-6-11(10)14(16)17/h4-5,10-11,15H,6-7H2,1-3H3,(H,16,17). The minimum absolute atomic E-state index is 0.155. The van der Waals surface area contributed by atoms with Gasteiger partial charge in [-0.05, 0) is 49.4 Å². The number of benzene rings is 1. The molecule has 2 rings (SSSR count). The van der Waals surface area contributed by atoms with E-state index < -0.39 is 5.97 Å². The zero-order valence-electron chi connectivity index (χ0n) is 11.0. The summed E-state index contributed by atoms with van der Waals surface area (Å²) in [4.78, 5) is 10.7. The zero-order valence-corrected chi connectivity index (χ0v) is 11.0. The predicted molar refractivity (Wildman–Crippen MR) is 70.2 cm³/mol. The van der Waals surface area contributed by atoms with Crippen LogP contribution in [0.15, 0.2) is 12.1 Å². The SMILES string of the molecule is COc1ccc(NCC2CC2C(=O)O)c(C)c1C. The van der Waals surface area contributed by atoms with Gasteiger partial charge >= 0.3 is 5.97 Å². The van der Waals surface area contributed by atoms with Crippen LogP contribution in [0.2, 0.25) is 0 Å². The van der Waals surface area contributed by atoms with Gasteiger partial charge in [0.05, 0.1) is 13.0 Å². The lowest BCUT2D eigenvalue weighted by molar-refractivity contribution is -0.138. The molecule has 1 fully saturated rings. The maximum atomic E-state index is 10.7. The van der Waals surface area contributed by atoms with E-state index in [0.29, 0.717) is 0 Å². The third-order valence-electron chi connectivity index (χ3n) is 3.75. The maximum Gasteiger partial charge on any atom is 0.306 e. The Labute approximate surface area is 107 Å². The Morgan fingerprint density at radius 2 is 2.17 bits per heavy atom. The fourth-order valence-electron chi connectivity index (χ4n) is 2.23. The molecule has 98 valence electrons. The molecule has 1 aromatic carbocycles. The summed E-state index contributed by atoms with van der Waals surface area (Å²) in [7, 11) is 1.66. The summed E-state index contributed by atoms with van der Waals surface area (Å²) >= 11 is 0. The first-order valence-corrected chi connectivity index (χ1v) is 6.15. The van der Waals surface area contributed by atoms with E-state index in [2.05, 4.69) is 5.32 Å². The second-order valence-corrected chi connectivity index (χ2v) is 4.89. The summed E-state index contributed by atoms with van der Waals surface area (Å²) in [5.74, 6) is 0.318. The Bertz CT molecular complexity index is 470. The van der Waals surface area contributed by atoms with Gasteiger partial charge in [0.25, 0.3) is 0 Å². The Morgan fingerprint density at radius 1 is 1.44 bits per heavy atom. The van der Waals surface area contributed by atoms with E-state index in [-0.39, 0.29) is 11.8 Å². The van der Waals surface area contributed by atoms with Crippen molar-refractivity contribution in [1.82, 2.24) is 0 Å². The second-order valence-electron chi connectivity index (χ2n) is 4.89. The minimum atomic E-state index is -0.676. The van der Waals surface area contributed by atoms with Crippen molar-refractivity contribution in [2.45, 2.75) is 20.3 Å². The van der Waals surface area contributed by atoms with E-state index in [9.17, 15) is 4.79 Å². The molecule has 1 aliphatic rings. The van der Waals surface area contributed by atoms with Crippen LogP contribution in [0.3, 0.4) is 0 Å². The molecule has 18 heavy (non-hydrogen) atoms. The highest BCUT2D eigenvalue weighted by Gasteiger charge is 2.42. The first-order valence-electron chi connectivity index (χ1n) is 6.15. The van der Waals surface area contributed by atoms with Crippen LogP contribution in [0.4, 0.5) is 5.69 Å². The molecule has 0 aromatic heterocycles. The van der Waals surface area contributed by atoms with Crippen LogP contribution in [-0.4, -0.2) is 24.7 Å². The summed E-state index contributed by atoms with van der Waals surface area (Å²) in [6.45, 7) is 4.79. The van der Waals surface area contributed by atoms with Crippen LogP contribution in [0.1, 0.15) is 17.5 Å². The number of methoxy groups -OCH3 is 1. The lowest BCUT2D eigenvalue weighted by Crippen LogP contribution is -2.09. The Balaban J connectivity index is 1.99. The van der Waals surface area contributed by atoms with Gasteiger partial charge in [0.1, 0.15) is 5.75 Å². The van der Waals surface area contributed by atoms with Gasteiger partial charge in [0, 0.05) is 12.2 Å². The van der Waals surface area contributed by atoms with Gasteiger partial charge in [0.15, 0.2) is 0 Å².